The summed E-state index contributed by atoms with van der Waals surface area (Å²) in [5, 5.41) is 14.7. The summed E-state index contributed by atoms with van der Waals surface area (Å²) in [6.07, 6.45) is 0.597. The number of hydrogen-bond acceptors (Lipinski definition) is 5. The lowest BCUT2D eigenvalue weighted by atomic mass is 10.1. The van der Waals surface area contributed by atoms with Gasteiger partial charge in [0.15, 0.2) is 5.76 Å². The van der Waals surface area contributed by atoms with Crippen LogP contribution in [0, 0.1) is 6.92 Å². The summed E-state index contributed by atoms with van der Waals surface area (Å²) >= 11 is 7.31. The molecular formula is C25H24ClNO5S. The monoisotopic (exact) mass is 485 g/mol. The van der Waals surface area contributed by atoms with Crippen LogP contribution in [0.25, 0.3) is 10.4 Å². The fourth-order valence-corrected chi connectivity index (χ4v) is 4.31. The number of aryl methyl sites for hydroxylation is 1. The van der Waals surface area contributed by atoms with E-state index in [9.17, 15) is 14.7 Å². The van der Waals surface area contributed by atoms with Crippen LogP contribution in [0.15, 0.2) is 59.2 Å². The highest BCUT2D eigenvalue weighted by Gasteiger charge is 2.24. The first-order chi connectivity index (χ1) is 15.8. The van der Waals surface area contributed by atoms with Gasteiger partial charge in [0.05, 0.1) is 22.7 Å². The number of carboxylic acids is 1. The number of thiophene rings is 1. The fourth-order valence-electron chi connectivity index (χ4n) is 3.12. The second-order valence-corrected chi connectivity index (χ2v) is 8.58. The van der Waals surface area contributed by atoms with Gasteiger partial charge < -0.3 is 19.9 Å². The summed E-state index contributed by atoms with van der Waals surface area (Å²) in [6.45, 7) is 5.62. The number of anilines is 1. The Labute approximate surface area is 201 Å². The molecule has 2 aromatic carbocycles. The molecule has 0 aliphatic rings. The third-order valence-corrected chi connectivity index (χ3v) is 6.44. The van der Waals surface area contributed by atoms with Gasteiger partial charge in [0, 0.05) is 5.38 Å². The van der Waals surface area contributed by atoms with E-state index in [0.717, 1.165) is 11.1 Å². The summed E-state index contributed by atoms with van der Waals surface area (Å²) in [4.78, 5) is 25.8. The highest BCUT2D eigenvalue weighted by atomic mass is 35.5. The highest BCUT2D eigenvalue weighted by molar-refractivity contribution is 7.14. The van der Waals surface area contributed by atoms with Crippen LogP contribution in [0.3, 0.4) is 0 Å². The molecule has 0 bridgehead atoms. The number of aromatic carboxylic acids is 1. The lowest BCUT2D eigenvalue weighted by Gasteiger charge is -2.15. The summed E-state index contributed by atoms with van der Waals surface area (Å²) in [5.74, 6) is -0.539. The van der Waals surface area contributed by atoms with Gasteiger partial charge in [-0.25, -0.2) is 4.79 Å². The van der Waals surface area contributed by atoms with Gasteiger partial charge in [-0.3, -0.25) is 4.79 Å². The van der Waals surface area contributed by atoms with Crippen molar-refractivity contribution in [2.24, 2.45) is 0 Å². The van der Waals surface area contributed by atoms with E-state index in [0.29, 0.717) is 33.4 Å². The number of carboxylic acid groups (broad SMARTS) is 1. The van der Waals surface area contributed by atoms with Crippen molar-refractivity contribution < 1.29 is 24.2 Å². The lowest BCUT2D eigenvalue weighted by Crippen LogP contribution is -2.21. The predicted octanol–water partition coefficient (Wildman–Crippen LogP) is 6.79. The van der Waals surface area contributed by atoms with E-state index < -0.39 is 11.9 Å². The zero-order valence-electron chi connectivity index (χ0n) is 18.7. The van der Waals surface area contributed by atoms with Gasteiger partial charge in [0.1, 0.15) is 17.1 Å². The average Bonchev–Trinajstić information content (AvgIpc) is 3.22. The standard InChI is InChI=1S/C25H24ClNO5S/c1-5-14(2)22(32-19-9-7-6-8-15(19)3)24(28)27-18-13-33-23(21(18)25(29)30)16-10-11-17(26)20(12-16)31-4/h6-13H,5H2,1-4H3,(H,27,28)(H,29,30). The number of nitrogens with one attached hydrogen (secondary N) is 1. The van der Waals surface area contributed by atoms with E-state index in [4.69, 9.17) is 21.1 Å². The molecule has 0 saturated heterocycles. The SMILES string of the molecule is CCC(C)=C(Oc1ccccc1C)C(=O)Nc1csc(-c2ccc(Cl)c(OC)c2)c1C(=O)O. The second kappa shape index (κ2) is 10.6. The number of hydrogen-bond donors (Lipinski definition) is 2. The third-order valence-electron chi connectivity index (χ3n) is 5.10. The molecule has 0 saturated carbocycles. The maximum atomic E-state index is 13.2. The zero-order chi connectivity index (χ0) is 24.1. The number of rotatable bonds is 8. The largest absolute Gasteiger partial charge is 0.495 e. The average molecular weight is 486 g/mol. The minimum Gasteiger partial charge on any atom is -0.495 e. The second-order valence-electron chi connectivity index (χ2n) is 7.29. The molecule has 33 heavy (non-hydrogen) atoms. The Kier molecular flexibility index (Phi) is 7.79. The number of carbonyl (C=O) groups excluding carboxylic acids is 1. The number of methoxy groups -OCH3 is 1. The number of benzene rings is 2. The number of ether oxygens (including phenoxy) is 2. The Morgan fingerprint density at radius 2 is 1.88 bits per heavy atom. The topological polar surface area (TPSA) is 84.9 Å². The van der Waals surface area contributed by atoms with Crippen LogP contribution in [0.4, 0.5) is 5.69 Å². The van der Waals surface area contributed by atoms with Crippen molar-refractivity contribution in [2.75, 3.05) is 12.4 Å². The Bertz CT molecular complexity index is 1230. The van der Waals surface area contributed by atoms with Crippen molar-refractivity contribution in [3.05, 3.63) is 75.3 Å². The van der Waals surface area contributed by atoms with Crippen molar-refractivity contribution >= 4 is 40.5 Å². The molecule has 1 heterocycles. The van der Waals surface area contributed by atoms with E-state index in [-0.39, 0.29) is 17.0 Å². The molecule has 8 heteroatoms. The highest BCUT2D eigenvalue weighted by Crippen LogP contribution is 2.39. The van der Waals surface area contributed by atoms with E-state index >= 15 is 0 Å². The van der Waals surface area contributed by atoms with E-state index in [1.807, 2.05) is 39.0 Å². The third kappa shape index (κ3) is 5.38. The van der Waals surface area contributed by atoms with Crippen molar-refractivity contribution in [3.63, 3.8) is 0 Å². The van der Waals surface area contributed by atoms with Gasteiger partial charge in [-0.1, -0.05) is 42.8 Å². The van der Waals surface area contributed by atoms with Crippen LogP contribution in [0.2, 0.25) is 5.02 Å². The van der Waals surface area contributed by atoms with Crippen LogP contribution >= 0.6 is 22.9 Å². The number of amides is 1. The normalized spacial score (nSPS) is 11.5. The van der Waals surface area contributed by atoms with Crippen LogP contribution in [0.5, 0.6) is 11.5 Å². The number of carbonyl (C=O) groups is 2. The van der Waals surface area contributed by atoms with Crippen LogP contribution in [-0.4, -0.2) is 24.1 Å². The smallest absolute Gasteiger partial charge is 0.339 e. The molecule has 3 rings (SSSR count). The molecule has 0 spiro atoms. The van der Waals surface area contributed by atoms with E-state index in [1.165, 1.54) is 18.4 Å². The molecule has 1 amide bonds. The fraction of sp³-hybridized carbons (Fsp3) is 0.200. The molecule has 0 aliphatic carbocycles. The molecule has 0 aliphatic heterocycles. The molecule has 0 fully saturated rings. The minimum absolute atomic E-state index is 0.0119. The maximum absolute atomic E-state index is 13.2. The van der Waals surface area contributed by atoms with E-state index in [1.54, 1.807) is 29.6 Å². The minimum atomic E-state index is -1.16. The quantitative estimate of drug-likeness (QED) is 0.271. The molecule has 0 atom stereocenters. The Balaban J connectivity index is 1.97. The number of para-hydroxylation sites is 1. The van der Waals surface area contributed by atoms with Gasteiger partial charge >= 0.3 is 5.97 Å². The summed E-state index contributed by atoms with van der Waals surface area (Å²) in [7, 11) is 1.49. The van der Waals surface area contributed by atoms with Gasteiger partial charge in [-0.2, -0.15) is 0 Å². The number of halogens is 1. The molecule has 2 N–H and O–H groups in total. The number of allylic oxidation sites excluding steroid dienone is 1. The Hall–Kier alpha value is -3.29. The molecule has 0 unspecified atom stereocenters. The van der Waals surface area contributed by atoms with Crippen molar-refractivity contribution in [1.29, 1.82) is 0 Å². The van der Waals surface area contributed by atoms with Gasteiger partial charge in [-0.15, -0.1) is 11.3 Å². The molecule has 3 aromatic rings. The summed E-state index contributed by atoms with van der Waals surface area (Å²) in [5.41, 5.74) is 2.42. The predicted molar refractivity (Wildman–Crippen MR) is 132 cm³/mol. The lowest BCUT2D eigenvalue weighted by molar-refractivity contribution is -0.114. The molecule has 6 nitrogen and oxygen atoms in total. The van der Waals surface area contributed by atoms with Crippen LogP contribution in [0.1, 0.15) is 36.2 Å². The van der Waals surface area contributed by atoms with Crippen molar-refractivity contribution in [3.8, 4) is 21.9 Å². The van der Waals surface area contributed by atoms with Gasteiger partial charge in [0.25, 0.3) is 5.91 Å². The first-order valence-corrected chi connectivity index (χ1v) is 11.5. The molecular weight excluding hydrogens is 462 g/mol. The molecule has 172 valence electrons. The maximum Gasteiger partial charge on any atom is 0.339 e. The molecule has 1 aromatic heterocycles. The summed E-state index contributed by atoms with van der Waals surface area (Å²) < 4.78 is 11.2. The van der Waals surface area contributed by atoms with Crippen molar-refractivity contribution in [2.45, 2.75) is 27.2 Å². The summed E-state index contributed by atoms with van der Waals surface area (Å²) in [6, 6.07) is 12.4. The first-order valence-electron chi connectivity index (χ1n) is 10.2. The van der Waals surface area contributed by atoms with Gasteiger partial charge in [-0.05, 0) is 55.2 Å². The molecule has 0 radical (unpaired) electrons. The van der Waals surface area contributed by atoms with Crippen LogP contribution in [-0.2, 0) is 4.79 Å². The van der Waals surface area contributed by atoms with E-state index in [2.05, 4.69) is 5.32 Å². The Morgan fingerprint density at radius 1 is 1.15 bits per heavy atom. The Morgan fingerprint density at radius 3 is 2.52 bits per heavy atom. The zero-order valence-corrected chi connectivity index (χ0v) is 20.3. The van der Waals surface area contributed by atoms with Crippen molar-refractivity contribution in [1.82, 2.24) is 0 Å². The first kappa shape index (κ1) is 24.4. The van der Waals surface area contributed by atoms with Crippen LogP contribution < -0.4 is 14.8 Å². The van der Waals surface area contributed by atoms with Gasteiger partial charge in [0.2, 0.25) is 0 Å².